The van der Waals surface area contributed by atoms with Crippen molar-refractivity contribution >= 4 is 41.9 Å². The van der Waals surface area contributed by atoms with Crippen molar-refractivity contribution in [2.75, 3.05) is 29.4 Å². The predicted octanol–water partition coefficient (Wildman–Crippen LogP) is -1.31. The summed E-state index contributed by atoms with van der Waals surface area (Å²) in [5.74, 6) is -1.38. The van der Waals surface area contributed by atoms with E-state index in [-0.39, 0.29) is 30.2 Å². The molecule has 1 aliphatic heterocycles. The van der Waals surface area contributed by atoms with Gasteiger partial charge in [-0.1, -0.05) is 6.07 Å². The Kier molecular flexibility index (Phi) is 6.03. The summed E-state index contributed by atoms with van der Waals surface area (Å²) < 4.78 is 79.8. The Balaban J connectivity index is 2.40. The van der Waals surface area contributed by atoms with E-state index in [0.29, 0.717) is 9.87 Å². The van der Waals surface area contributed by atoms with E-state index < -0.39 is 42.8 Å². The Bertz CT molecular complexity index is 1050. The van der Waals surface area contributed by atoms with Gasteiger partial charge in [0, 0.05) is 6.54 Å². The van der Waals surface area contributed by atoms with Crippen molar-refractivity contribution in [2.24, 2.45) is 0 Å². The predicted molar refractivity (Wildman–Crippen MR) is 97.5 cm³/mol. The quantitative estimate of drug-likeness (QED) is 0.471. The number of amides is 1. The van der Waals surface area contributed by atoms with Crippen LogP contribution in [0.25, 0.3) is 0 Å². The second-order valence-electron chi connectivity index (χ2n) is 5.69. The van der Waals surface area contributed by atoms with Crippen molar-refractivity contribution in [1.29, 1.82) is 0 Å². The number of nitrogens with one attached hydrogen (secondary N) is 2. The van der Waals surface area contributed by atoms with Crippen molar-refractivity contribution < 1.29 is 34.2 Å². The Morgan fingerprint density at radius 3 is 2.44 bits per heavy atom. The molecule has 0 saturated carbocycles. The molecule has 0 aliphatic carbocycles. The van der Waals surface area contributed by atoms with E-state index in [0.717, 1.165) is 6.26 Å². The lowest BCUT2D eigenvalue weighted by Crippen LogP contribution is -2.30. The minimum atomic E-state index is -4.16. The Labute approximate surface area is 158 Å². The largest absolute Gasteiger partial charge is 0.380 e. The van der Waals surface area contributed by atoms with Gasteiger partial charge in [0.1, 0.15) is 6.54 Å². The molecule has 152 valence electrons. The van der Waals surface area contributed by atoms with Gasteiger partial charge < -0.3 is 4.18 Å². The van der Waals surface area contributed by atoms with Gasteiger partial charge in [0.25, 0.3) is 5.91 Å². The topological polar surface area (TPSA) is 156 Å². The minimum absolute atomic E-state index is 0.0558. The number of rotatable bonds is 8. The standard InChI is InChI=1S/C13H19N3O8S3/c1-3-26(20,21)24-12-8-10(6-7-14-25(2,18)19)4-5-11(12)16-9-13(17)15-27(16,22)23/h4-5,8,14H,3,6-7,9H2,1-2H3,(H,15,17). The number of nitrogens with zero attached hydrogens (tertiary/aromatic N) is 1. The molecule has 1 aliphatic rings. The maximum absolute atomic E-state index is 12.0. The average Bonchev–Trinajstić information content (AvgIpc) is 2.78. The molecule has 0 atom stereocenters. The zero-order valence-electron chi connectivity index (χ0n) is 14.5. The first kappa shape index (κ1) is 21.4. The molecule has 0 radical (unpaired) electrons. The molecule has 27 heavy (non-hydrogen) atoms. The lowest BCUT2D eigenvalue weighted by Gasteiger charge is -2.19. The lowest BCUT2D eigenvalue weighted by atomic mass is 10.1. The van der Waals surface area contributed by atoms with Crippen molar-refractivity contribution in [3.63, 3.8) is 0 Å². The molecule has 0 aromatic heterocycles. The third-order valence-corrected chi connectivity index (χ3v) is 6.72. The fourth-order valence-electron chi connectivity index (χ4n) is 2.22. The van der Waals surface area contributed by atoms with Crippen LogP contribution in [0.15, 0.2) is 18.2 Å². The summed E-state index contributed by atoms with van der Waals surface area (Å²) in [5.41, 5.74) is 0.386. The van der Waals surface area contributed by atoms with Crippen molar-refractivity contribution in [2.45, 2.75) is 13.3 Å². The number of carbonyl (C=O) groups is 1. The normalized spacial score (nSPS) is 17.0. The van der Waals surface area contributed by atoms with Crippen molar-refractivity contribution in [1.82, 2.24) is 9.44 Å². The van der Waals surface area contributed by atoms with Crippen LogP contribution in [0.1, 0.15) is 12.5 Å². The van der Waals surface area contributed by atoms with Gasteiger partial charge in [-0.05, 0) is 31.0 Å². The molecule has 1 amide bonds. The fraction of sp³-hybridized carbons (Fsp3) is 0.462. The summed E-state index contributed by atoms with van der Waals surface area (Å²) in [6.45, 7) is 0.895. The van der Waals surface area contributed by atoms with Crippen molar-refractivity contribution in [3.05, 3.63) is 23.8 Å². The Morgan fingerprint density at radius 1 is 1.26 bits per heavy atom. The monoisotopic (exact) mass is 441 g/mol. The van der Waals surface area contributed by atoms with Crippen LogP contribution < -0.4 is 17.9 Å². The Morgan fingerprint density at radius 2 is 1.93 bits per heavy atom. The number of anilines is 1. The van der Waals surface area contributed by atoms with Crippen LogP contribution >= 0.6 is 0 Å². The molecule has 0 unspecified atom stereocenters. The van der Waals surface area contributed by atoms with Crippen LogP contribution in [0.4, 0.5) is 5.69 Å². The highest BCUT2D eigenvalue weighted by Crippen LogP contribution is 2.33. The molecule has 1 fully saturated rings. The highest BCUT2D eigenvalue weighted by atomic mass is 32.2. The van der Waals surface area contributed by atoms with E-state index in [1.54, 1.807) is 4.72 Å². The summed E-state index contributed by atoms with van der Waals surface area (Å²) in [4.78, 5) is 11.4. The van der Waals surface area contributed by atoms with Gasteiger partial charge >= 0.3 is 20.3 Å². The van der Waals surface area contributed by atoms with Crippen LogP contribution in [-0.2, 0) is 41.6 Å². The third-order valence-electron chi connectivity index (χ3n) is 3.46. The summed E-state index contributed by atoms with van der Waals surface area (Å²) in [6.07, 6.45) is 1.21. The number of carbonyl (C=O) groups excluding carboxylic acids is 1. The van der Waals surface area contributed by atoms with Crippen LogP contribution in [0, 0.1) is 0 Å². The molecular formula is C13H19N3O8S3. The van der Waals surface area contributed by atoms with Crippen molar-refractivity contribution in [3.8, 4) is 5.75 Å². The van der Waals surface area contributed by atoms with Crippen LogP contribution in [0.2, 0.25) is 0 Å². The third kappa shape index (κ3) is 5.79. The number of benzene rings is 1. The van der Waals surface area contributed by atoms with Gasteiger partial charge in [0.05, 0.1) is 17.7 Å². The average molecular weight is 442 g/mol. The molecule has 1 heterocycles. The highest BCUT2D eigenvalue weighted by Gasteiger charge is 2.36. The molecule has 0 bridgehead atoms. The Hall–Kier alpha value is -1.90. The fourth-order valence-corrected chi connectivity index (χ4v) is 4.38. The first-order valence-electron chi connectivity index (χ1n) is 7.66. The van der Waals surface area contributed by atoms with Gasteiger partial charge in [0.2, 0.25) is 10.0 Å². The minimum Gasteiger partial charge on any atom is -0.380 e. The maximum Gasteiger partial charge on any atom is 0.326 e. The number of sulfonamides is 1. The summed E-state index contributed by atoms with van der Waals surface area (Å²) in [6, 6.07) is 4.09. The van der Waals surface area contributed by atoms with Crippen LogP contribution in [0.5, 0.6) is 5.75 Å². The second kappa shape index (κ2) is 7.61. The number of hydrogen-bond acceptors (Lipinski definition) is 8. The summed E-state index contributed by atoms with van der Waals surface area (Å²) >= 11 is 0. The molecule has 2 N–H and O–H groups in total. The molecule has 2 rings (SSSR count). The number of hydrogen-bond donors (Lipinski definition) is 2. The van der Waals surface area contributed by atoms with Gasteiger partial charge in [0.15, 0.2) is 5.75 Å². The zero-order valence-corrected chi connectivity index (χ0v) is 16.9. The second-order valence-corrected chi connectivity index (χ2v) is 11.0. The molecular weight excluding hydrogens is 422 g/mol. The summed E-state index contributed by atoms with van der Waals surface area (Å²) in [5, 5.41) is 0. The van der Waals surface area contributed by atoms with E-state index in [2.05, 4.69) is 4.72 Å². The van der Waals surface area contributed by atoms with Gasteiger partial charge in [-0.2, -0.15) is 16.8 Å². The van der Waals surface area contributed by atoms with E-state index in [1.807, 2.05) is 0 Å². The molecule has 1 aromatic rings. The lowest BCUT2D eigenvalue weighted by molar-refractivity contribution is -0.117. The first-order chi connectivity index (χ1) is 12.3. The highest BCUT2D eigenvalue weighted by molar-refractivity contribution is 7.92. The van der Waals surface area contributed by atoms with Crippen LogP contribution in [-0.4, -0.2) is 56.3 Å². The van der Waals surface area contributed by atoms with E-state index in [9.17, 15) is 30.0 Å². The smallest absolute Gasteiger partial charge is 0.326 e. The van der Waals surface area contributed by atoms with E-state index in [1.165, 1.54) is 25.1 Å². The van der Waals surface area contributed by atoms with Gasteiger partial charge in [-0.25, -0.2) is 22.2 Å². The van der Waals surface area contributed by atoms with Gasteiger partial charge in [-0.15, -0.1) is 0 Å². The zero-order chi connectivity index (χ0) is 20.5. The van der Waals surface area contributed by atoms with Gasteiger partial charge in [-0.3, -0.25) is 4.79 Å². The summed E-state index contributed by atoms with van der Waals surface area (Å²) in [7, 11) is -11.5. The maximum atomic E-state index is 12.0. The molecule has 1 saturated heterocycles. The molecule has 0 spiro atoms. The van der Waals surface area contributed by atoms with Crippen LogP contribution in [0.3, 0.4) is 0 Å². The van der Waals surface area contributed by atoms with E-state index >= 15 is 0 Å². The van der Waals surface area contributed by atoms with E-state index in [4.69, 9.17) is 4.18 Å². The first-order valence-corrected chi connectivity index (χ1v) is 12.6. The molecule has 1 aromatic carbocycles. The SMILES string of the molecule is CCS(=O)(=O)Oc1cc(CCNS(C)(=O)=O)ccc1N1CC(=O)NS1(=O)=O. The molecule has 14 heteroatoms. The molecule has 11 nitrogen and oxygen atoms in total.